The number of rotatable bonds is 3. The van der Waals surface area contributed by atoms with Crippen LogP contribution < -0.4 is 5.73 Å². The van der Waals surface area contributed by atoms with Gasteiger partial charge in [0.15, 0.2) is 0 Å². The number of isocyanates is 2. The van der Waals surface area contributed by atoms with E-state index in [-0.39, 0.29) is 0 Å². The van der Waals surface area contributed by atoms with Crippen LogP contribution in [0.5, 0.6) is 0 Å². The van der Waals surface area contributed by atoms with Crippen LogP contribution in [0.2, 0.25) is 0 Å². The monoisotopic (exact) mass is 183 g/mol. The number of hydrogen-bond acceptors (Lipinski definition) is 5. The highest BCUT2D eigenvalue weighted by Gasteiger charge is 2.16. The summed E-state index contributed by atoms with van der Waals surface area (Å²) in [7, 11) is 0. The largest absolute Gasteiger partial charge is 0.319 e. The topological polar surface area (TPSA) is 119 Å². The van der Waals surface area contributed by atoms with Crippen molar-refractivity contribution in [3.63, 3.8) is 0 Å². The molecular weight excluding hydrogens is 178 g/mol. The molecule has 0 aliphatic heterocycles. The van der Waals surface area contributed by atoms with Gasteiger partial charge in [0, 0.05) is 0 Å². The van der Waals surface area contributed by atoms with Gasteiger partial charge in [-0.1, -0.05) is 0 Å². The van der Waals surface area contributed by atoms with Gasteiger partial charge in [-0.15, -0.1) is 9.98 Å². The molecule has 0 aliphatic carbocycles. The van der Waals surface area contributed by atoms with E-state index in [2.05, 4.69) is 9.98 Å². The predicted molar refractivity (Wildman–Crippen MR) is 38.8 cm³/mol. The van der Waals surface area contributed by atoms with Gasteiger partial charge >= 0.3 is 0 Å². The van der Waals surface area contributed by atoms with Crippen LogP contribution in [0, 0.1) is 0 Å². The van der Waals surface area contributed by atoms with Gasteiger partial charge in [0.25, 0.3) is 11.8 Å². The third-order valence-electron chi connectivity index (χ3n) is 1.04. The molecule has 13 heavy (non-hydrogen) atoms. The molecule has 0 bridgehead atoms. The molecule has 0 saturated heterocycles. The highest BCUT2D eigenvalue weighted by molar-refractivity contribution is 5.92. The Labute approximate surface area is 72.3 Å². The third kappa shape index (κ3) is 4.49. The molecule has 0 aliphatic rings. The molecule has 2 amide bonds. The highest BCUT2D eigenvalue weighted by Crippen LogP contribution is 1.93. The minimum Gasteiger partial charge on any atom is -0.319 e. The Hall–Kier alpha value is -1.94. The minimum atomic E-state index is -1.27. The minimum absolute atomic E-state index is 0.487. The molecule has 0 rings (SSSR count). The van der Waals surface area contributed by atoms with Crippen molar-refractivity contribution in [1.29, 1.82) is 0 Å². The van der Waals surface area contributed by atoms with E-state index in [0.717, 1.165) is 12.2 Å². The summed E-state index contributed by atoms with van der Waals surface area (Å²) in [5.41, 5.74) is 5.10. The number of carbonyl (C=O) groups excluding carboxylic acids is 4. The fraction of sp³-hybridized carbons (Fsp3) is 0.333. The van der Waals surface area contributed by atoms with Crippen molar-refractivity contribution in [3.8, 4) is 0 Å². The SMILES string of the molecule is NC(CC(=O)N=C=O)C(=O)N=C=O. The Balaban J connectivity index is 4.22. The Morgan fingerprint density at radius 3 is 2.23 bits per heavy atom. The maximum atomic E-state index is 10.6. The molecule has 0 aromatic carbocycles. The number of carbonyl (C=O) groups is 2. The molecule has 0 fully saturated rings. The van der Waals surface area contributed by atoms with E-state index >= 15 is 0 Å². The van der Waals surface area contributed by atoms with Crippen LogP contribution in [-0.2, 0) is 19.2 Å². The van der Waals surface area contributed by atoms with Crippen LogP contribution in [-0.4, -0.2) is 30.0 Å². The molecule has 0 heterocycles. The summed E-state index contributed by atoms with van der Waals surface area (Å²) in [4.78, 5) is 45.7. The molecule has 7 heteroatoms. The van der Waals surface area contributed by atoms with Gasteiger partial charge < -0.3 is 5.73 Å². The summed E-state index contributed by atoms with van der Waals surface area (Å²) in [6, 6.07) is -1.27. The summed E-state index contributed by atoms with van der Waals surface area (Å²) in [6.07, 6.45) is 1.49. The molecule has 0 spiro atoms. The van der Waals surface area contributed by atoms with Crippen LogP contribution in [0.15, 0.2) is 9.98 Å². The van der Waals surface area contributed by atoms with E-state index in [0.29, 0.717) is 0 Å². The average Bonchev–Trinajstić information content (AvgIpc) is 2.05. The lowest BCUT2D eigenvalue weighted by Crippen LogP contribution is -2.31. The van der Waals surface area contributed by atoms with Gasteiger partial charge in [-0.3, -0.25) is 9.59 Å². The van der Waals surface area contributed by atoms with Gasteiger partial charge in [0.2, 0.25) is 12.2 Å². The van der Waals surface area contributed by atoms with Gasteiger partial charge in [-0.2, -0.15) is 0 Å². The highest BCUT2D eigenvalue weighted by atomic mass is 16.2. The van der Waals surface area contributed by atoms with Crippen LogP contribution in [0.3, 0.4) is 0 Å². The van der Waals surface area contributed by atoms with Crippen molar-refractivity contribution >= 4 is 24.0 Å². The first-order chi connectivity index (χ1) is 6.11. The number of hydrogen-bond donors (Lipinski definition) is 1. The van der Waals surface area contributed by atoms with E-state index < -0.39 is 24.3 Å². The van der Waals surface area contributed by atoms with E-state index in [9.17, 15) is 19.2 Å². The molecule has 1 atom stereocenters. The van der Waals surface area contributed by atoms with Gasteiger partial charge in [0.1, 0.15) is 0 Å². The van der Waals surface area contributed by atoms with Crippen LogP contribution in [0.25, 0.3) is 0 Å². The Bertz CT molecular complexity index is 312. The van der Waals surface area contributed by atoms with Crippen LogP contribution in [0.4, 0.5) is 0 Å². The number of nitrogens with two attached hydrogens (primary N) is 1. The zero-order valence-corrected chi connectivity index (χ0v) is 6.39. The molecule has 0 aromatic heterocycles. The van der Waals surface area contributed by atoms with Crippen molar-refractivity contribution in [1.82, 2.24) is 0 Å². The second kappa shape index (κ2) is 5.68. The molecule has 68 valence electrons. The summed E-state index contributed by atoms with van der Waals surface area (Å²) in [6.45, 7) is 0. The van der Waals surface area contributed by atoms with Gasteiger partial charge in [-0.25, -0.2) is 9.59 Å². The predicted octanol–water partition coefficient (Wildman–Crippen LogP) is -1.57. The standard InChI is InChI=1S/C6H5N3O4/c7-4(6(13)9-3-11)1-5(12)8-2-10/h4H,1,7H2. The quantitative estimate of drug-likeness (QED) is 0.418. The lowest BCUT2D eigenvalue weighted by atomic mass is 10.2. The maximum Gasteiger partial charge on any atom is 0.273 e. The van der Waals surface area contributed by atoms with E-state index in [1.54, 1.807) is 0 Å². The van der Waals surface area contributed by atoms with E-state index in [1.807, 2.05) is 0 Å². The molecule has 0 aromatic rings. The molecule has 0 radical (unpaired) electrons. The number of nitrogens with zero attached hydrogens (tertiary/aromatic N) is 2. The fourth-order valence-corrected chi connectivity index (χ4v) is 0.500. The summed E-state index contributed by atoms with van der Waals surface area (Å²) in [5, 5.41) is 0. The van der Waals surface area contributed by atoms with E-state index in [4.69, 9.17) is 5.73 Å². The summed E-state index contributed by atoms with van der Waals surface area (Å²) >= 11 is 0. The summed E-state index contributed by atoms with van der Waals surface area (Å²) in [5.74, 6) is -1.87. The second-order valence-corrected chi connectivity index (χ2v) is 1.95. The molecule has 7 nitrogen and oxygen atoms in total. The zero-order chi connectivity index (χ0) is 10.3. The van der Waals surface area contributed by atoms with Crippen molar-refractivity contribution in [2.45, 2.75) is 12.5 Å². The number of amides is 2. The first-order valence-electron chi connectivity index (χ1n) is 3.09. The Kier molecular flexibility index (Phi) is 4.83. The lowest BCUT2D eigenvalue weighted by molar-refractivity contribution is -0.124. The number of aliphatic imine (C=N–C) groups is 2. The van der Waals surface area contributed by atoms with Crippen molar-refractivity contribution in [3.05, 3.63) is 0 Å². The van der Waals surface area contributed by atoms with Crippen molar-refractivity contribution in [2.75, 3.05) is 0 Å². The first kappa shape index (κ1) is 11.1. The molecule has 1 unspecified atom stereocenters. The second-order valence-electron chi connectivity index (χ2n) is 1.95. The third-order valence-corrected chi connectivity index (χ3v) is 1.04. The van der Waals surface area contributed by atoms with Crippen molar-refractivity contribution < 1.29 is 19.2 Å². The zero-order valence-electron chi connectivity index (χ0n) is 6.39. The lowest BCUT2D eigenvalue weighted by Gasteiger charge is -2.00. The van der Waals surface area contributed by atoms with E-state index in [1.165, 1.54) is 0 Å². The maximum absolute atomic E-state index is 10.6. The smallest absolute Gasteiger partial charge is 0.273 e. The van der Waals surface area contributed by atoms with Gasteiger partial charge in [0.05, 0.1) is 12.5 Å². The Morgan fingerprint density at radius 1 is 1.23 bits per heavy atom. The molecular formula is C6H5N3O4. The average molecular weight is 183 g/mol. The first-order valence-corrected chi connectivity index (χ1v) is 3.09. The van der Waals surface area contributed by atoms with Crippen molar-refractivity contribution in [2.24, 2.45) is 15.7 Å². The Morgan fingerprint density at radius 2 is 1.77 bits per heavy atom. The van der Waals surface area contributed by atoms with Crippen LogP contribution >= 0.6 is 0 Å². The van der Waals surface area contributed by atoms with Gasteiger partial charge in [-0.05, 0) is 0 Å². The fourth-order valence-electron chi connectivity index (χ4n) is 0.500. The normalized spacial score (nSPS) is 10.5. The van der Waals surface area contributed by atoms with Crippen LogP contribution in [0.1, 0.15) is 6.42 Å². The molecule has 2 N–H and O–H groups in total. The molecule has 0 saturated carbocycles. The summed E-state index contributed by atoms with van der Waals surface area (Å²) < 4.78 is 0.